The predicted octanol–water partition coefficient (Wildman–Crippen LogP) is 7.25. The zero-order chi connectivity index (χ0) is 29.1. The smallest absolute Gasteiger partial charge is 0.304 e. The van der Waals surface area contributed by atoms with Crippen molar-refractivity contribution in [3.8, 4) is 0 Å². The van der Waals surface area contributed by atoms with E-state index in [1.54, 1.807) is 55.5 Å². The maximum absolute atomic E-state index is 13.4. The first-order valence-electron chi connectivity index (χ1n) is 13.0. The number of nitrogens with zero attached hydrogens (tertiary/aromatic N) is 1. The minimum Gasteiger partial charge on any atom is -0.481 e. The van der Waals surface area contributed by atoms with Gasteiger partial charge < -0.3 is 20.2 Å². The van der Waals surface area contributed by atoms with Gasteiger partial charge in [0, 0.05) is 17.3 Å². The van der Waals surface area contributed by atoms with E-state index >= 15 is 0 Å². The van der Waals surface area contributed by atoms with Crippen molar-refractivity contribution in [3.63, 3.8) is 0 Å². The molecule has 3 N–H and O–H groups in total. The summed E-state index contributed by atoms with van der Waals surface area (Å²) in [5.74, 6) is -2.38. The molecule has 1 aromatic heterocycles. The molecule has 5 aromatic rings. The number of rotatable bonds is 9. The highest BCUT2D eigenvalue weighted by atomic mass is 19.1. The van der Waals surface area contributed by atoms with E-state index in [4.69, 9.17) is 4.42 Å². The lowest BCUT2D eigenvalue weighted by Gasteiger charge is -2.17. The third-order valence-electron chi connectivity index (χ3n) is 6.95. The Labute approximate surface area is 234 Å². The van der Waals surface area contributed by atoms with Crippen LogP contribution in [0, 0.1) is 25.5 Å². The van der Waals surface area contributed by atoms with Crippen LogP contribution in [0.1, 0.15) is 40.2 Å². The van der Waals surface area contributed by atoms with Crippen molar-refractivity contribution < 1.29 is 27.9 Å². The molecule has 208 valence electrons. The molecule has 0 saturated heterocycles. The molecular weight excluding hydrogens is 528 g/mol. The van der Waals surface area contributed by atoms with E-state index in [0.717, 1.165) is 16.7 Å². The third-order valence-corrected chi connectivity index (χ3v) is 6.95. The molecular formula is C32H27F2N3O4. The fourth-order valence-electron chi connectivity index (χ4n) is 4.77. The van der Waals surface area contributed by atoms with Crippen LogP contribution in [0.5, 0.6) is 0 Å². The van der Waals surface area contributed by atoms with Crippen molar-refractivity contribution in [1.29, 1.82) is 0 Å². The molecule has 5 rings (SSSR count). The van der Waals surface area contributed by atoms with Gasteiger partial charge in [-0.05, 0) is 90.2 Å². The number of oxazole rings is 1. The Morgan fingerprint density at radius 3 is 2.22 bits per heavy atom. The van der Waals surface area contributed by atoms with Crippen molar-refractivity contribution in [1.82, 2.24) is 4.98 Å². The molecule has 0 aliphatic carbocycles. The lowest BCUT2D eigenvalue weighted by molar-refractivity contribution is -0.137. The van der Waals surface area contributed by atoms with Crippen molar-refractivity contribution in [3.05, 3.63) is 118 Å². The van der Waals surface area contributed by atoms with E-state index in [0.29, 0.717) is 33.6 Å². The van der Waals surface area contributed by atoms with Crippen LogP contribution in [0.4, 0.5) is 26.2 Å². The van der Waals surface area contributed by atoms with Crippen molar-refractivity contribution >= 4 is 40.4 Å². The molecule has 0 aliphatic rings. The Balaban J connectivity index is 1.28. The molecule has 1 unspecified atom stereocenters. The van der Waals surface area contributed by atoms with Gasteiger partial charge in [-0.2, -0.15) is 4.98 Å². The lowest BCUT2D eigenvalue weighted by Crippen LogP contribution is -2.15. The van der Waals surface area contributed by atoms with Gasteiger partial charge >= 0.3 is 5.97 Å². The van der Waals surface area contributed by atoms with Crippen molar-refractivity contribution in [2.75, 3.05) is 10.6 Å². The van der Waals surface area contributed by atoms with Gasteiger partial charge in [0.1, 0.15) is 17.2 Å². The van der Waals surface area contributed by atoms with Crippen molar-refractivity contribution in [2.24, 2.45) is 0 Å². The van der Waals surface area contributed by atoms with Crippen LogP contribution < -0.4 is 10.6 Å². The molecule has 0 bridgehead atoms. The number of amides is 1. The Morgan fingerprint density at radius 2 is 1.56 bits per heavy atom. The number of hydrogen-bond acceptors (Lipinski definition) is 5. The second kappa shape index (κ2) is 11.6. The topological polar surface area (TPSA) is 104 Å². The lowest BCUT2D eigenvalue weighted by atomic mass is 9.88. The van der Waals surface area contributed by atoms with Crippen LogP contribution in [-0.4, -0.2) is 22.0 Å². The van der Waals surface area contributed by atoms with Gasteiger partial charge in [-0.3, -0.25) is 9.59 Å². The number of nitrogens with one attached hydrogen (secondary N) is 2. The highest BCUT2D eigenvalue weighted by Gasteiger charge is 2.19. The summed E-state index contributed by atoms with van der Waals surface area (Å²) in [6, 6.07) is 21.0. The average Bonchev–Trinajstić information content (AvgIpc) is 3.35. The van der Waals surface area contributed by atoms with Crippen LogP contribution in [-0.2, 0) is 16.0 Å². The number of hydrogen-bond donors (Lipinski definition) is 3. The van der Waals surface area contributed by atoms with E-state index < -0.39 is 17.7 Å². The fourth-order valence-corrected chi connectivity index (χ4v) is 4.77. The summed E-state index contributed by atoms with van der Waals surface area (Å²) in [7, 11) is 0. The SMILES string of the molecule is Cc1cc(F)ccc1Nc1nc2ccc(CC(=O)Nc3ccc(C(CC(=O)O)c4ccc(F)cc4)cc3)c(C)c2o1. The average molecular weight is 556 g/mol. The normalized spacial score (nSPS) is 11.8. The van der Waals surface area contributed by atoms with Gasteiger partial charge in [-0.15, -0.1) is 0 Å². The van der Waals surface area contributed by atoms with Crippen LogP contribution in [0.3, 0.4) is 0 Å². The summed E-state index contributed by atoms with van der Waals surface area (Å²) < 4.78 is 32.7. The third kappa shape index (κ3) is 6.41. The second-order valence-corrected chi connectivity index (χ2v) is 9.85. The minimum absolute atomic E-state index is 0.0985. The Bertz CT molecular complexity index is 1730. The van der Waals surface area contributed by atoms with Gasteiger partial charge in [0.25, 0.3) is 6.01 Å². The summed E-state index contributed by atoms with van der Waals surface area (Å²) in [6.45, 7) is 3.64. The molecule has 0 fully saturated rings. The molecule has 4 aromatic carbocycles. The Hall–Kier alpha value is -5.05. The number of halogens is 2. The maximum Gasteiger partial charge on any atom is 0.304 e. The van der Waals surface area contributed by atoms with E-state index in [2.05, 4.69) is 15.6 Å². The van der Waals surface area contributed by atoms with Crippen LogP contribution in [0.15, 0.2) is 83.3 Å². The molecule has 1 atom stereocenters. The molecule has 9 heteroatoms. The van der Waals surface area contributed by atoms with Gasteiger partial charge in [0.15, 0.2) is 5.58 Å². The zero-order valence-electron chi connectivity index (χ0n) is 22.4. The van der Waals surface area contributed by atoms with E-state index in [9.17, 15) is 23.5 Å². The van der Waals surface area contributed by atoms with Crippen LogP contribution in [0.25, 0.3) is 11.1 Å². The highest BCUT2D eigenvalue weighted by molar-refractivity contribution is 5.93. The van der Waals surface area contributed by atoms with Crippen LogP contribution in [0.2, 0.25) is 0 Å². The standard InChI is InChI=1S/C32H27F2N3O4/c1-18-15-24(34)10-14-27(18)36-32-37-28-13-7-22(19(2)31(28)41-32)16-29(38)35-25-11-5-21(6-12-25)26(17-30(39)40)20-3-8-23(33)9-4-20/h3-15,26H,16-17H2,1-2H3,(H,35,38)(H,36,37)(H,39,40). The first-order valence-corrected chi connectivity index (χ1v) is 13.0. The highest BCUT2D eigenvalue weighted by Crippen LogP contribution is 2.30. The zero-order valence-corrected chi connectivity index (χ0v) is 22.4. The largest absolute Gasteiger partial charge is 0.481 e. The molecule has 1 amide bonds. The number of aliphatic carboxylic acids is 1. The number of carboxylic acid groups (broad SMARTS) is 1. The van der Waals surface area contributed by atoms with E-state index in [1.165, 1.54) is 24.3 Å². The number of carbonyl (C=O) groups is 2. The first kappa shape index (κ1) is 27.5. The van der Waals surface area contributed by atoms with Crippen LogP contribution >= 0.6 is 0 Å². The number of benzene rings is 4. The Kier molecular flexibility index (Phi) is 7.78. The maximum atomic E-state index is 13.4. The molecule has 0 saturated carbocycles. The summed E-state index contributed by atoms with van der Waals surface area (Å²) in [5.41, 5.74) is 6.10. The van der Waals surface area contributed by atoms with Gasteiger partial charge in [-0.1, -0.05) is 30.3 Å². The number of aromatic nitrogens is 1. The number of fused-ring (bicyclic) bond motifs is 1. The number of aryl methyl sites for hydroxylation is 2. The van der Waals surface area contributed by atoms with Gasteiger partial charge in [0.05, 0.1) is 12.8 Å². The summed E-state index contributed by atoms with van der Waals surface area (Å²) >= 11 is 0. The van der Waals surface area contributed by atoms with E-state index in [1.807, 2.05) is 13.0 Å². The molecule has 0 aliphatic heterocycles. The number of carboxylic acids is 1. The van der Waals surface area contributed by atoms with Gasteiger partial charge in [0.2, 0.25) is 5.91 Å². The second-order valence-electron chi connectivity index (χ2n) is 9.85. The quantitative estimate of drug-likeness (QED) is 0.177. The first-order chi connectivity index (χ1) is 19.7. The number of carbonyl (C=O) groups excluding carboxylic acids is 1. The molecule has 0 spiro atoms. The minimum atomic E-state index is -0.968. The molecule has 1 heterocycles. The Morgan fingerprint density at radius 1 is 0.902 bits per heavy atom. The predicted molar refractivity (Wildman–Crippen MR) is 152 cm³/mol. The van der Waals surface area contributed by atoms with Gasteiger partial charge in [-0.25, -0.2) is 8.78 Å². The summed E-state index contributed by atoms with van der Waals surface area (Å²) in [4.78, 5) is 28.8. The monoisotopic (exact) mass is 555 g/mol. The number of anilines is 3. The summed E-state index contributed by atoms with van der Waals surface area (Å²) in [5, 5.41) is 15.3. The summed E-state index contributed by atoms with van der Waals surface area (Å²) in [6.07, 6.45) is -0.0528. The van der Waals surface area contributed by atoms with Crippen molar-refractivity contribution in [2.45, 2.75) is 32.6 Å². The fraction of sp³-hybridized carbons (Fsp3) is 0.156. The molecule has 7 nitrogen and oxygen atoms in total. The molecule has 41 heavy (non-hydrogen) atoms. The molecule has 0 radical (unpaired) electrons. The van der Waals surface area contributed by atoms with E-state index in [-0.39, 0.29) is 30.6 Å².